The van der Waals surface area contributed by atoms with E-state index in [1.54, 1.807) is 0 Å². The van der Waals surface area contributed by atoms with Crippen LogP contribution < -0.4 is 5.73 Å². The van der Waals surface area contributed by atoms with Crippen LogP contribution in [0.1, 0.15) is 84.0 Å². The molecule has 0 heterocycles. The highest BCUT2D eigenvalue weighted by Gasteiger charge is 2.26. The molecule has 2 saturated carbocycles. The Kier molecular flexibility index (Phi) is 6.01. The second-order valence-corrected chi connectivity index (χ2v) is 7.12. The molecule has 2 aliphatic rings. The smallest absolute Gasteiger partial charge is 0.00389 e. The second kappa shape index (κ2) is 7.53. The summed E-state index contributed by atoms with van der Waals surface area (Å²) in [5.41, 5.74) is 6.13. The maximum absolute atomic E-state index is 6.13. The number of rotatable bonds is 1. The average Bonchev–Trinajstić information content (AvgIpc) is 2.49. The van der Waals surface area contributed by atoms with Gasteiger partial charge >= 0.3 is 0 Å². The lowest BCUT2D eigenvalue weighted by Gasteiger charge is -2.28. The first-order valence-corrected chi connectivity index (χ1v) is 8.51. The lowest BCUT2D eigenvalue weighted by Crippen LogP contribution is -2.20. The highest BCUT2D eigenvalue weighted by molar-refractivity contribution is 4.79. The van der Waals surface area contributed by atoms with Crippen molar-refractivity contribution in [1.29, 1.82) is 0 Å². The van der Waals surface area contributed by atoms with E-state index in [-0.39, 0.29) is 0 Å². The molecule has 1 nitrogen and oxygen atoms in total. The fraction of sp³-hybridized carbons (Fsp3) is 1.00. The summed E-state index contributed by atoms with van der Waals surface area (Å²) in [5.74, 6) is 2.98. The summed E-state index contributed by atoms with van der Waals surface area (Å²) in [6.45, 7) is 2.49. The minimum atomic E-state index is 0.503. The molecular weight excluding hydrogens is 218 g/mol. The first-order valence-electron chi connectivity index (χ1n) is 8.51. The monoisotopic (exact) mass is 251 g/mol. The molecule has 4 atom stereocenters. The minimum absolute atomic E-state index is 0.503. The van der Waals surface area contributed by atoms with Gasteiger partial charge in [-0.15, -0.1) is 0 Å². The van der Waals surface area contributed by atoms with Crippen LogP contribution in [0.2, 0.25) is 0 Å². The van der Waals surface area contributed by atoms with Gasteiger partial charge in [0.15, 0.2) is 0 Å². The van der Waals surface area contributed by atoms with Crippen LogP contribution in [0.5, 0.6) is 0 Å². The summed E-state index contributed by atoms with van der Waals surface area (Å²) in [5, 5.41) is 0. The second-order valence-electron chi connectivity index (χ2n) is 7.12. The topological polar surface area (TPSA) is 26.0 Å². The van der Waals surface area contributed by atoms with Crippen LogP contribution in [0.15, 0.2) is 0 Å². The zero-order valence-corrected chi connectivity index (χ0v) is 12.4. The van der Waals surface area contributed by atoms with Gasteiger partial charge in [0.05, 0.1) is 0 Å². The maximum atomic E-state index is 6.13. The Labute approximate surface area is 114 Å². The molecule has 2 fully saturated rings. The normalized spacial score (nSPS) is 40.3. The Morgan fingerprint density at radius 1 is 0.667 bits per heavy atom. The zero-order valence-electron chi connectivity index (χ0n) is 12.4. The van der Waals surface area contributed by atoms with Crippen LogP contribution in [0.25, 0.3) is 0 Å². The van der Waals surface area contributed by atoms with Crippen molar-refractivity contribution in [3.8, 4) is 0 Å². The van der Waals surface area contributed by atoms with E-state index in [9.17, 15) is 0 Å². The van der Waals surface area contributed by atoms with Crippen molar-refractivity contribution in [2.45, 2.75) is 90.0 Å². The molecule has 0 aromatic rings. The summed E-state index contributed by atoms with van der Waals surface area (Å²) >= 11 is 0. The molecule has 0 bridgehead atoms. The van der Waals surface area contributed by atoms with Gasteiger partial charge in [-0.25, -0.2) is 0 Å². The summed E-state index contributed by atoms with van der Waals surface area (Å²) in [6.07, 6.45) is 17.2. The fourth-order valence-electron chi connectivity index (χ4n) is 4.26. The average molecular weight is 251 g/mol. The van der Waals surface area contributed by atoms with Gasteiger partial charge in [0.2, 0.25) is 0 Å². The highest BCUT2D eigenvalue weighted by atomic mass is 14.6. The van der Waals surface area contributed by atoms with Crippen molar-refractivity contribution >= 4 is 0 Å². The Balaban J connectivity index is 1.90. The summed E-state index contributed by atoms with van der Waals surface area (Å²) in [4.78, 5) is 0. The van der Waals surface area contributed by atoms with E-state index < -0.39 is 0 Å². The Morgan fingerprint density at radius 3 is 2.22 bits per heavy atom. The summed E-state index contributed by atoms with van der Waals surface area (Å²) in [6, 6.07) is 0.503. The highest BCUT2D eigenvalue weighted by Crippen LogP contribution is 2.37. The van der Waals surface area contributed by atoms with Gasteiger partial charge in [-0.1, -0.05) is 58.3 Å². The van der Waals surface area contributed by atoms with Crippen molar-refractivity contribution < 1.29 is 0 Å². The van der Waals surface area contributed by atoms with Crippen LogP contribution in [-0.4, -0.2) is 6.04 Å². The molecule has 106 valence electrons. The molecule has 0 aromatic carbocycles. The van der Waals surface area contributed by atoms with E-state index >= 15 is 0 Å². The zero-order chi connectivity index (χ0) is 12.8. The Bertz CT molecular complexity index is 226. The van der Waals surface area contributed by atoms with Gasteiger partial charge in [0.25, 0.3) is 0 Å². The Morgan fingerprint density at radius 2 is 1.39 bits per heavy atom. The predicted octanol–water partition coefficient (Wildman–Crippen LogP) is 4.89. The van der Waals surface area contributed by atoms with Crippen molar-refractivity contribution in [1.82, 2.24) is 0 Å². The fourth-order valence-corrected chi connectivity index (χ4v) is 4.26. The summed E-state index contributed by atoms with van der Waals surface area (Å²) < 4.78 is 0. The third kappa shape index (κ3) is 4.57. The molecule has 0 saturated heterocycles. The van der Waals surface area contributed by atoms with E-state index in [2.05, 4.69) is 6.92 Å². The quantitative estimate of drug-likeness (QED) is 0.660. The molecule has 18 heavy (non-hydrogen) atoms. The lowest BCUT2D eigenvalue weighted by atomic mass is 9.78. The van der Waals surface area contributed by atoms with E-state index in [0.29, 0.717) is 6.04 Å². The molecule has 0 aliphatic heterocycles. The maximum Gasteiger partial charge on any atom is 0.00389 e. The summed E-state index contributed by atoms with van der Waals surface area (Å²) in [7, 11) is 0. The molecule has 0 aromatic heterocycles. The largest absolute Gasteiger partial charge is 0.328 e. The van der Waals surface area contributed by atoms with Crippen LogP contribution >= 0.6 is 0 Å². The number of nitrogens with two attached hydrogens (primary N) is 1. The lowest BCUT2D eigenvalue weighted by molar-refractivity contribution is 0.231. The first kappa shape index (κ1) is 14.4. The van der Waals surface area contributed by atoms with E-state index in [1.165, 1.54) is 77.0 Å². The van der Waals surface area contributed by atoms with E-state index in [1.807, 2.05) is 0 Å². The van der Waals surface area contributed by atoms with Crippen LogP contribution in [0.3, 0.4) is 0 Å². The van der Waals surface area contributed by atoms with Gasteiger partial charge in [0, 0.05) is 6.04 Å². The van der Waals surface area contributed by atoms with Crippen LogP contribution in [-0.2, 0) is 0 Å². The van der Waals surface area contributed by atoms with Crippen molar-refractivity contribution in [3.05, 3.63) is 0 Å². The van der Waals surface area contributed by atoms with Gasteiger partial charge < -0.3 is 5.73 Å². The SMILES string of the molecule is CC1CCCCCCC(C2CCCC(N)CC2)C1. The van der Waals surface area contributed by atoms with E-state index in [4.69, 9.17) is 5.73 Å². The molecule has 2 rings (SSSR count). The van der Waals surface area contributed by atoms with Crippen molar-refractivity contribution in [2.24, 2.45) is 23.5 Å². The minimum Gasteiger partial charge on any atom is -0.328 e. The molecule has 1 heteroatoms. The standard InChI is InChI=1S/C17H33N/c1-14-7-4-2-3-5-8-16(13-14)15-9-6-10-17(18)12-11-15/h14-17H,2-13,18H2,1H3. The molecule has 2 aliphatic carbocycles. The molecule has 0 spiro atoms. The van der Waals surface area contributed by atoms with Crippen molar-refractivity contribution in [3.63, 3.8) is 0 Å². The van der Waals surface area contributed by atoms with Crippen LogP contribution in [0.4, 0.5) is 0 Å². The van der Waals surface area contributed by atoms with E-state index in [0.717, 1.165) is 17.8 Å². The first-order chi connectivity index (χ1) is 8.75. The Hall–Kier alpha value is -0.0400. The predicted molar refractivity (Wildman–Crippen MR) is 79.5 cm³/mol. The number of hydrogen-bond acceptors (Lipinski definition) is 1. The van der Waals surface area contributed by atoms with Crippen molar-refractivity contribution in [2.75, 3.05) is 0 Å². The third-order valence-electron chi connectivity index (χ3n) is 5.45. The third-order valence-corrected chi connectivity index (χ3v) is 5.45. The number of hydrogen-bond donors (Lipinski definition) is 1. The molecule has 0 amide bonds. The molecule has 2 N–H and O–H groups in total. The van der Waals surface area contributed by atoms with Gasteiger partial charge in [-0.2, -0.15) is 0 Å². The molecular formula is C17H33N. The molecule has 4 unspecified atom stereocenters. The molecule has 0 radical (unpaired) electrons. The van der Waals surface area contributed by atoms with Gasteiger partial charge in [-0.05, 0) is 43.4 Å². The van der Waals surface area contributed by atoms with Gasteiger partial charge in [0.1, 0.15) is 0 Å². The van der Waals surface area contributed by atoms with Gasteiger partial charge in [-0.3, -0.25) is 0 Å². The van der Waals surface area contributed by atoms with Crippen LogP contribution in [0, 0.1) is 17.8 Å².